The van der Waals surface area contributed by atoms with Crippen molar-refractivity contribution in [3.05, 3.63) is 76.2 Å². The second kappa shape index (κ2) is 7.95. The summed E-state index contributed by atoms with van der Waals surface area (Å²) in [4.78, 5) is 16.8. The number of nitrogens with zero attached hydrogens (tertiary/aromatic N) is 1. The van der Waals surface area contributed by atoms with Gasteiger partial charge in [-0.15, -0.1) is 0 Å². The summed E-state index contributed by atoms with van der Waals surface area (Å²) in [7, 11) is 0. The van der Waals surface area contributed by atoms with Gasteiger partial charge in [-0.3, -0.25) is 9.69 Å². The molecular weight excluding hydrogens is 374 g/mol. The Morgan fingerprint density at radius 1 is 1.10 bits per heavy atom. The monoisotopic (exact) mass is 398 g/mol. The first-order valence-corrected chi connectivity index (χ1v) is 9.86. The third-order valence-electron chi connectivity index (χ3n) is 5.45. The maximum absolute atomic E-state index is 13.3. The number of alkyl halides is 2. The molecule has 0 atom stereocenters. The number of rotatable bonds is 5. The van der Waals surface area contributed by atoms with Crippen LogP contribution >= 0.6 is 0 Å². The second-order valence-corrected chi connectivity index (χ2v) is 7.73. The molecule has 1 saturated heterocycles. The molecule has 4 nitrogen and oxygen atoms in total. The average molecular weight is 398 g/mol. The number of nitrogens with one attached hydrogen (secondary N) is 1. The number of aromatic amines is 1. The Labute approximate surface area is 168 Å². The molecule has 2 heterocycles. The van der Waals surface area contributed by atoms with Gasteiger partial charge in [0.15, 0.2) is 0 Å². The molecule has 4 rings (SSSR count). The molecule has 152 valence electrons. The smallest absolute Gasteiger partial charge is 0.270 e. The Morgan fingerprint density at radius 2 is 1.83 bits per heavy atom. The fourth-order valence-corrected chi connectivity index (χ4v) is 3.78. The zero-order valence-corrected chi connectivity index (χ0v) is 16.3. The number of hydrogen-bond acceptors (Lipinski definition) is 3. The van der Waals surface area contributed by atoms with Crippen molar-refractivity contribution in [1.29, 1.82) is 0 Å². The second-order valence-electron chi connectivity index (χ2n) is 7.73. The molecule has 1 aliphatic rings. The normalized spacial score (nSPS) is 16.2. The fourth-order valence-electron chi connectivity index (χ4n) is 3.78. The minimum absolute atomic E-state index is 0.0470. The van der Waals surface area contributed by atoms with E-state index in [9.17, 15) is 13.6 Å². The first-order valence-electron chi connectivity index (χ1n) is 9.86. The van der Waals surface area contributed by atoms with Gasteiger partial charge in [0, 0.05) is 43.7 Å². The van der Waals surface area contributed by atoms with Gasteiger partial charge in [-0.2, -0.15) is 0 Å². The first kappa shape index (κ1) is 19.6. The molecule has 2 aromatic carbocycles. The number of aromatic nitrogens is 1. The van der Waals surface area contributed by atoms with E-state index in [0.29, 0.717) is 5.39 Å². The number of hydrogen-bond donors (Lipinski definition) is 1. The van der Waals surface area contributed by atoms with Gasteiger partial charge < -0.3 is 9.72 Å². The molecular formula is C23H24F2N2O2. The highest BCUT2D eigenvalue weighted by atomic mass is 19.3. The van der Waals surface area contributed by atoms with Crippen LogP contribution in [0.3, 0.4) is 0 Å². The summed E-state index contributed by atoms with van der Waals surface area (Å²) in [6.45, 7) is 3.45. The van der Waals surface area contributed by atoms with Crippen LogP contribution in [0.4, 0.5) is 8.78 Å². The van der Waals surface area contributed by atoms with Crippen LogP contribution in [0.2, 0.25) is 0 Å². The molecule has 0 radical (unpaired) electrons. The van der Waals surface area contributed by atoms with Crippen molar-refractivity contribution in [3.8, 4) is 5.75 Å². The summed E-state index contributed by atoms with van der Waals surface area (Å²) in [6.07, 6.45) is 3.57. The third-order valence-corrected chi connectivity index (χ3v) is 5.45. The van der Waals surface area contributed by atoms with E-state index < -0.39 is 5.92 Å². The molecule has 0 spiro atoms. The van der Waals surface area contributed by atoms with Crippen molar-refractivity contribution < 1.29 is 13.5 Å². The van der Waals surface area contributed by atoms with E-state index in [0.717, 1.165) is 56.1 Å². The van der Waals surface area contributed by atoms with E-state index in [-0.39, 0.29) is 17.2 Å². The number of halogens is 2. The van der Waals surface area contributed by atoms with Gasteiger partial charge in [-0.25, -0.2) is 8.78 Å². The van der Waals surface area contributed by atoms with Gasteiger partial charge in [0.1, 0.15) is 11.9 Å². The number of H-pyrrole nitrogens is 1. The molecule has 29 heavy (non-hydrogen) atoms. The van der Waals surface area contributed by atoms with Crippen LogP contribution in [-0.2, 0) is 12.5 Å². The number of piperidine rings is 1. The Kier molecular flexibility index (Phi) is 5.37. The zero-order chi connectivity index (χ0) is 20.4. The Morgan fingerprint density at radius 3 is 2.52 bits per heavy atom. The lowest BCUT2D eigenvalue weighted by Crippen LogP contribution is -2.37. The van der Waals surface area contributed by atoms with Gasteiger partial charge in [-0.1, -0.05) is 24.3 Å². The van der Waals surface area contributed by atoms with Crippen LogP contribution in [0.5, 0.6) is 5.75 Å². The number of ether oxygens (including phenoxy) is 1. The van der Waals surface area contributed by atoms with Crippen LogP contribution in [0, 0.1) is 0 Å². The lowest BCUT2D eigenvalue weighted by atomic mass is 10.0. The summed E-state index contributed by atoms with van der Waals surface area (Å²) in [5, 5.41) is 1.52. The van der Waals surface area contributed by atoms with E-state index in [1.807, 2.05) is 18.2 Å². The molecule has 0 amide bonds. The van der Waals surface area contributed by atoms with Gasteiger partial charge >= 0.3 is 0 Å². The third kappa shape index (κ3) is 4.65. The first-order chi connectivity index (χ1) is 13.9. The standard InChI is InChI=1S/C23H24F2N2O2/c1-23(24,25)18-4-2-16(3-5-18)15-27-12-9-19(10-13-27)29-20-6-7-21-17(14-20)8-11-26-22(21)28/h2-8,11,14,19H,9-10,12-13,15H2,1H3,(H,26,28). The van der Waals surface area contributed by atoms with Crippen molar-refractivity contribution >= 4 is 10.8 Å². The van der Waals surface area contributed by atoms with Gasteiger partial charge in [0.2, 0.25) is 0 Å². The Hall–Kier alpha value is -2.73. The number of benzene rings is 2. The highest BCUT2D eigenvalue weighted by Crippen LogP contribution is 2.27. The Bertz CT molecular complexity index is 1030. The van der Waals surface area contributed by atoms with Crippen LogP contribution in [0.25, 0.3) is 10.8 Å². The molecule has 0 aliphatic carbocycles. The molecule has 0 bridgehead atoms. The number of fused-ring (bicyclic) bond motifs is 1. The zero-order valence-electron chi connectivity index (χ0n) is 16.3. The van der Waals surface area contributed by atoms with Crippen LogP contribution in [-0.4, -0.2) is 29.1 Å². The molecule has 6 heteroatoms. The molecule has 1 aromatic heterocycles. The molecule has 0 unspecified atom stereocenters. The van der Waals surface area contributed by atoms with E-state index in [4.69, 9.17) is 4.74 Å². The van der Waals surface area contributed by atoms with Crippen molar-refractivity contribution in [3.63, 3.8) is 0 Å². The van der Waals surface area contributed by atoms with Crippen LogP contribution in [0.15, 0.2) is 59.5 Å². The summed E-state index contributed by atoms with van der Waals surface area (Å²) >= 11 is 0. The lowest BCUT2D eigenvalue weighted by molar-refractivity contribution is 0.0174. The summed E-state index contributed by atoms with van der Waals surface area (Å²) < 4.78 is 32.8. The highest BCUT2D eigenvalue weighted by Gasteiger charge is 2.24. The lowest BCUT2D eigenvalue weighted by Gasteiger charge is -2.32. The highest BCUT2D eigenvalue weighted by molar-refractivity contribution is 5.82. The number of likely N-dealkylation sites (tertiary alicyclic amines) is 1. The molecule has 1 N–H and O–H groups in total. The van der Waals surface area contributed by atoms with E-state index in [2.05, 4.69) is 9.88 Å². The largest absolute Gasteiger partial charge is 0.490 e. The maximum atomic E-state index is 13.3. The summed E-state index contributed by atoms with van der Waals surface area (Å²) in [5.74, 6) is -2.03. The minimum Gasteiger partial charge on any atom is -0.490 e. The summed E-state index contributed by atoms with van der Waals surface area (Å²) in [5.41, 5.74) is 0.987. The van der Waals surface area contributed by atoms with Gasteiger partial charge in [0.05, 0.1) is 0 Å². The van der Waals surface area contributed by atoms with E-state index in [1.54, 1.807) is 24.4 Å². The van der Waals surface area contributed by atoms with Crippen LogP contribution in [0.1, 0.15) is 30.9 Å². The van der Waals surface area contributed by atoms with Crippen molar-refractivity contribution in [2.24, 2.45) is 0 Å². The van der Waals surface area contributed by atoms with Gasteiger partial charge in [0.25, 0.3) is 11.5 Å². The van der Waals surface area contributed by atoms with Crippen LogP contribution < -0.4 is 10.3 Å². The predicted molar refractivity (Wildman–Crippen MR) is 110 cm³/mol. The average Bonchev–Trinajstić information content (AvgIpc) is 2.69. The molecule has 1 fully saturated rings. The molecule has 0 saturated carbocycles. The van der Waals surface area contributed by atoms with Crippen molar-refractivity contribution in [2.45, 2.75) is 38.3 Å². The van der Waals surface area contributed by atoms with Crippen molar-refractivity contribution in [1.82, 2.24) is 9.88 Å². The van der Waals surface area contributed by atoms with Gasteiger partial charge in [-0.05, 0) is 48.1 Å². The van der Waals surface area contributed by atoms with Crippen molar-refractivity contribution in [2.75, 3.05) is 13.1 Å². The topological polar surface area (TPSA) is 45.3 Å². The fraction of sp³-hybridized carbons (Fsp3) is 0.348. The maximum Gasteiger partial charge on any atom is 0.270 e. The summed E-state index contributed by atoms with van der Waals surface area (Å²) in [6, 6.07) is 14.0. The Balaban J connectivity index is 1.32. The van der Waals surface area contributed by atoms with E-state index >= 15 is 0 Å². The predicted octanol–water partition coefficient (Wildman–Crippen LogP) is 4.68. The number of pyridine rings is 1. The molecule has 1 aliphatic heterocycles. The minimum atomic E-state index is -2.80. The SMILES string of the molecule is CC(F)(F)c1ccc(CN2CCC(Oc3ccc4c(=O)[nH]ccc4c3)CC2)cc1. The quantitative estimate of drug-likeness (QED) is 0.679. The van der Waals surface area contributed by atoms with E-state index in [1.165, 1.54) is 12.1 Å². The molecule has 3 aromatic rings.